The lowest BCUT2D eigenvalue weighted by Gasteiger charge is -1.96. The predicted octanol–water partition coefficient (Wildman–Crippen LogP) is 1.42. The molecule has 0 aliphatic heterocycles. The third-order valence-corrected chi connectivity index (χ3v) is 2.39. The van der Waals surface area contributed by atoms with Crippen molar-refractivity contribution in [3.8, 4) is 0 Å². The van der Waals surface area contributed by atoms with Crippen LogP contribution in [0.1, 0.15) is 5.56 Å². The predicted molar refractivity (Wildman–Crippen MR) is 51.4 cm³/mol. The highest BCUT2D eigenvalue weighted by molar-refractivity contribution is 14.1. The van der Waals surface area contributed by atoms with E-state index in [1.807, 2.05) is 0 Å². The molecule has 0 unspecified atom stereocenters. The zero-order valence-electron chi connectivity index (χ0n) is 5.39. The van der Waals surface area contributed by atoms with Crippen molar-refractivity contribution in [2.24, 2.45) is 0 Å². The Bertz CT molecular complexity index is 198. The van der Waals surface area contributed by atoms with Crippen molar-refractivity contribution < 1.29 is 0 Å². The normalized spacial score (nSPS) is 9.44. The Balaban J connectivity index is 3.01. The van der Waals surface area contributed by atoms with Gasteiger partial charge in [-0.1, -0.05) is 24.5 Å². The summed E-state index contributed by atoms with van der Waals surface area (Å²) in [6.07, 6.45) is 1.14. The zero-order chi connectivity index (χ0) is 6.69. The summed E-state index contributed by atoms with van der Waals surface area (Å²) >= 11 is 2.36. The summed E-state index contributed by atoms with van der Waals surface area (Å²) in [5.41, 5.74) is 1.44. The molecule has 1 aromatic rings. The first-order valence-corrected chi connectivity index (χ1v) is 4.16. The summed E-state index contributed by atoms with van der Waals surface area (Å²) < 4.78 is 1.37. The smallest absolute Gasteiger partial charge is 0.0619 e. The van der Waals surface area contributed by atoms with E-state index in [4.69, 9.17) is 0 Å². The molecule has 0 amide bonds. The van der Waals surface area contributed by atoms with E-state index >= 15 is 0 Å². The monoisotopic (exact) mass is 230 g/mol. The van der Waals surface area contributed by atoms with Crippen LogP contribution in [0.2, 0.25) is 0 Å². The van der Waals surface area contributed by atoms with Crippen LogP contribution < -0.4 is 0 Å². The van der Waals surface area contributed by atoms with Crippen LogP contribution in [0.3, 0.4) is 0 Å². The largest absolute Gasteiger partial charge is 0.107 e. The molecule has 1 aromatic carbocycles. The van der Waals surface area contributed by atoms with Gasteiger partial charge in [-0.05, 0) is 34.2 Å². The number of benzene rings is 1. The van der Waals surface area contributed by atoms with E-state index in [2.05, 4.69) is 54.7 Å². The first kappa shape index (κ1) is 7.13. The summed E-state index contributed by atoms with van der Waals surface area (Å²) in [4.78, 5) is 0. The Labute approximate surface area is 70.2 Å². The molecule has 0 bridgehead atoms. The van der Waals surface area contributed by atoms with Gasteiger partial charge in [0.2, 0.25) is 0 Å². The lowest BCUT2D eigenvalue weighted by atomic mass is 9.97. The SMILES string of the molecule is BCc1ccccc1I. The number of halogens is 1. The fourth-order valence-electron chi connectivity index (χ4n) is 0.785. The molecule has 0 saturated heterocycles. The van der Waals surface area contributed by atoms with Crippen LogP contribution >= 0.6 is 22.6 Å². The second-order valence-electron chi connectivity index (χ2n) is 1.94. The van der Waals surface area contributed by atoms with Crippen LogP contribution in [0, 0.1) is 3.57 Å². The van der Waals surface area contributed by atoms with E-state index < -0.39 is 0 Å². The first-order valence-electron chi connectivity index (χ1n) is 3.08. The maximum Gasteiger partial charge on any atom is 0.107 e. The van der Waals surface area contributed by atoms with Gasteiger partial charge in [0.15, 0.2) is 0 Å². The third kappa shape index (κ3) is 1.71. The topological polar surface area (TPSA) is 0 Å². The summed E-state index contributed by atoms with van der Waals surface area (Å²) in [6.45, 7) is 0. The molecule has 0 fully saturated rings. The molecule has 0 aliphatic carbocycles. The van der Waals surface area contributed by atoms with E-state index in [1.54, 1.807) is 0 Å². The minimum absolute atomic E-state index is 1.14. The Morgan fingerprint density at radius 2 is 2.00 bits per heavy atom. The number of hydrogen-bond acceptors (Lipinski definition) is 0. The molecular weight excluding hydrogens is 222 g/mol. The van der Waals surface area contributed by atoms with Crippen LogP contribution in [0.5, 0.6) is 0 Å². The number of rotatable bonds is 1. The van der Waals surface area contributed by atoms with E-state index in [-0.39, 0.29) is 0 Å². The minimum atomic E-state index is 1.14. The molecule has 0 saturated carbocycles. The van der Waals surface area contributed by atoms with E-state index in [9.17, 15) is 0 Å². The quantitative estimate of drug-likeness (QED) is 0.505. The van der Waals surface area contributed by atoms with Crippen LogP contribution in [-0.4, -0.2) is 7.85 Å². The molecule has 0 spiro atoms. The lowest BCUT2D eigenvalue weighted by molar-refractivity contribution is 1.37. The van der Waals surface area contributed by atoms with Crippen molar-refractivity contribution in [2.45, 2.75) is 6.32 Å². The van der Waals surface area contributed by atoms with Gasteiger partial charge < -0.3 is 0 Å². The molecule has 0 aliphatic rings. The average Bonchev–Trinajstić information content (AvgIpc) is 1.89. The molecule has 0 heterocycles. The second-order valence-corrected chi connectivity index (χ2v) is 3.11. The minimum Gasteiger partial charge on any atom is -0.0619 e. The average molecular weight is 230 g/mol. The Morgan fingerprint density at radius 3 is 2.44 bits per heavy atom. The van der Waals surface area contributed by atoms with Crippen molar-refractivity contribution in [2.75, 3.05) is 0 Å². The Morgan fingerprint density at radius 1 is 1.33 bits per heavy atom. The van der Waals surface area contributed by atoms with E-state index in [1.165, 1.54) is 9.13 Å². The maximum atomic E-state index is 2.36. The zero-order valence-corrected chi connectivity index (χ0v) is 7.55. The van der Waals surface area contributed by atoms with Gasteiger partial charge in [-0.2, -0.15) is 0 Å². The summed E-state index contributed by atoms with van der Waals surface area (Å²) in [7, 11) is 2.18. The fourth-order valence-corrected chi connectivity index (χ4v) is 1.55. The van der Waals surface area contributed by atoms with Crippen molar-refractivity contribution >= 4 is 30.4 Å². The van der Waals surface area contributed by atoms with Gasteiger partial charge in [-0.3, -0.25) is 0 Å². The van der Waals surface area contributed by atoms with Gasteiger partial charge in [-0.15, -0.1) is 0 Å². The summed E-state index contributed by atoms with van der Waals surface area (Å²) in [5.74, 6) is 0. The molecule has 46 valence electrons. The van der Waals surface area contributed by atoms with Gasteiger partial charge in [0, 0.05) is 3.57 Å². The standard InChI is InChI=1S/C7H8BI/c8-5-6-3-1-2-4-7(6)9/h1-4H,5,8H2. The fraction of sp³-hybridized carbons (Fsp3) is 0.143. The molecule has 2 heteroatoms. The third-order valence-electron chi connectivity index (χ3n) is 1.34. The first-order chi connectivity index (χ1) is 4.34. The highest BCUT2D eigenvalue weighted by Gasteiger charge is 1.91. The van der Waals surface area contributed by atoms with Gasteiger partial charge in [0.25, 0.3) is 0 Å². The molecule has 0 aromatic heterocycles. The van der Waals surface area contributed by atoms with Gasteiger partial charge >= 0.3 is 0 Å². The van der Waals surface area contributed by atoms with Crippen LogP contribution in [0.4, 0.5) is 0 Å². The Kier molecular flexibility index (Phi) is 2.57. The molecule has 9 heavy (non-hydrogen) atoms. The summed E-state index contributed by atoms with van der Waals surface area (Å²) in [6, 6.07) is 8.46. The van der Waals surface area contributed by atoms with Crippen LogP contribution in [-0.2, 0) is 6.32 Å². The Hall–Kier alpha value is 0.0149. The molecule has 0 nitrogen and oxygen atoms in total. The van der Waals surface area contributed by atoms with Crippen molar-refractivity contribution in [1.82, 2.24) is 0 Å². The molecule has 0 N–H and O–H groups in total. The highest BCUT2D eigenvalue weighted by Crippen LogP contribution is 2.09. The van der Waals surface area contributed by atoms with Crippen molar-refractivity contribution in [3.05, 3.63) is 33.4 Å². The van der Waals surface area contributed by atoms with Crippen LogP contribution in [0.15, 0.2) is 24.3 Å². The van der Waals surface area contributed by atoms with Crippen molar-refractivity contribution in [3.63, 3.8) is 0 Å². The number of hydrogen-bond donors (Lipinski definition) is 0. The summed E-state index contributed by atoms with van der Waals surface area (Å²) in [5, 5.41) is 0. The maximum absolute atomic E-state index is 2.36. The molecular formula is C7H8BI. The van der Waals surface area contributed by atoms with E-state index in [0.717, 1.165) is 6.32 Å². The molecule has 0 radical (unpaired) electrons. The van der Waals surface area contributed by atoms with Gasteiger partial charge in [-0.25, -0.2) is 0 Å². The van der Waals surface area contributed by atoms with Crippen LogP contribution in [0.25, 0.3) is 0 Å². The van der Waals surface area contributed by atoms with Gasteiger partial charge in [0.1, 0.15) is 7.85 Å². The highest BCUT2D eigenvalue weighted by atomic mass is 127. The second kappa shape index (κ2) is 3.25. The molecule has 1 rings (SSSR count). The van der Waals surface area contributed by atoms with E-state index in [0.29, 0.717) is 0 Å². The van der Waals surface area contributed by atoms with Gasteiger partial charge in [0.05, 0.1) is 0 Å². The lowest BCUT2D eigenvalue weighted by Crippen LogP contribution is -1.85. The van der Waals surface area contributed by atoms with Crippen molar-refractivity contribution in [1.29, 1.82) is 0 Å². The molecule has 0 atom stereocenters.